The second-order valence-corrected chi connectivity index (χ2v) is 8.15. The topological polar surface area (TPSA) is 102 Å². The molecule has 4 rings (SSSR count). The van der Waals surface area contributed by atoms with Crippen molar-refractivity contribution in [3.8, 4) is 0 Å². The Hall–Kier alpha value is -4.17. The minimum Gasteiger partial charge on any atom is -0.326 e. The van der Waals surface area contributed by atoms with Crippen molar-refractivity contribution < 1.29 is 9.59 Å². The molecule has 1 aromatic heterocycles. The molecule has 172 valence electrons. The molecule has 4 aromatic rings. The molecule has 0 aliphatic rings. The lowest BCUT2D eigenvalue weighted by molar-refractivity contribution is -0.117. The standard InChI is InChI=1S/C25H21ClN4O4/c1-16(31)27-19-9-11-20(12-10-19)28-23(32)15-29-22-8-3-2-7-21(22)24(33)30(25(29)34)14-17-5-4-6-18(26)13-17/h2-13H,14-15H2,1H3,(H,27,31)(H,28,32). The van der Waals surface area contributed by atoms with Crippen LogP contribution in [0.1, 0.15) is 12.5 Å². The summed E-state index contributed by atoms with van der Waals surface area (Å²) in [4.78, 5) is 50.3. The number of carbonyl (C=O) groups excluding carboxylic acids is 2. The van der Waals surface area contributed by atoms with Crippen LogP contribution < -0.4 is 21.9 Å². The maximum Gasteiger partial charge on any atom is 0.332 e. The number of para-hydroxylation sites is 1. The summed E-state index contributed by atoms with van der Waals surface area (Å²) in [6, 6.07) is 20.2. The van der Waals surface area contributed by atoms with Crippen molar-refractivity contribution in [3.05, 3.63) is 104 Å². The van der Waals surface area contributed by atoms with Gasteiger partial charge in [0.15, 0.2) is 0 Å². The number of carbonyl (C=O) groups is 2. The molecule has 0 fully saturated rings. The average Bonchev–Trinajstić information content (AvgIpc) is 2.80. The summed E-state index contributed by atoms with van der Waals surface area (Å²) >= 11 is 6.05. The fourth-order valence-corrected chi connectivity index (χ4v) is 3.88. The Kier molecular flexibility index (Phi) is 6.60. The Morgan fingerprint density at radius 2 is 1.53 bits per heavy atom. The summed E-state index contributed by atoms with van der Waals surface area (Å²) in [5, 5.41) is 6.21. The van der Waals surface area contributed by atoms with Crippen LogP contribution in [0.4, 0.5) is 11.4 Å². The molecule has 8 nitrogen and oxygen atoms in total. The van der Waals surface area contributed by atoms with Crippen molar-refractivity contribution in [2.24, 2.45) is 0 Å². The van der Waals surface area contributed by atoms with E-state index in [0.29, 0.717) is 32.9 Å². The Morgan fingerprint density at radius 3 is 2.21 bits per heavy atom. The van der Waals surface area contributed by atoms with Gasteiger partial charge in [0.2, 0.25) is 11.8 Å². The molecule has 3 aromatic carbocycles. The van der Waals surface area contributed by atoms with E-state index in [1.165, 1.54) is 11.5 Å². The Labute approximate surface area is 199 Å². The smallest absolute Gasteiger partial charge is 0.326 e. The van der Waals surface area contributed by atoms with Gasteiger partial charge in [-0.25, -0.2) is 4.79 Å². The molecule has 0 radical (unpaired) electrons. The molecular formula is C25H21ClN4O4. The van der Waals surface area contributed by atoms with Crippen LogP contribution >= 0.6 is 11.6 Å². The Morgan fingerprint density at radius 1 is 0.853 bits per heavy atom. The lowest BCUT2D eigenvalue weighted by Gasteiger charge is -2.14. The van der Waals surface area contributed by atoms with E-state index in [2.05, 4.69) is 10.6 Å². The molecular weight excluding hydrogens is 456 g/mol. The number of nitrogens with zero attached hydrogens (tertiary/aromatic N) is 2. The van der Waals surface area contributed by atoms with E-state index in [0.717, 1.165) is 4.57 Å². The summed E-state index contributed by atoms with van der Waals surface area (Å²) in [6.45, 7) is 1.14. The zero-order valence-corrected chi connectivity index (χ0v) is 19.0. The van der Waals surface area contributed by atoms with Crippen LogP contribution in [0.25, 0.3) is 10.9 Å². The lowest BCUT2D eigenvalue weighted by Crippen LogP contribution is -2.42. The zero-order valence-electron chi connectivity index (χ0n) is 18.2. The zero-order chi connectivity index (χ0) is 24.2. The number of benzene rings is 3. The van der Waals surface area contributed by atoms with Crippen molar-refractivity contribution in [2.75, 3.05) is 10.6 Å². The van der Waals surface area contributed by atoms with Gasteiger partial charge in [-0.1, -0.05) is 35.9 Å². The second-order valence-electron chi connectivity index (χ2n) is 7.71. The number of rotatable bonds is 6. The number of hydrogen-bond acceptors (Lipinski definition) is 4. The molecule has 2 amide bonds. The third-order valence-corrected chi connectivity index (χ3v) is 5.39. The first kappa shape index (κ1) is 23.0. The highest BCUT2D eigenvalue weighted by atomic mass is 35.5. The van der Waals surface area contributed by atoms with Gasteiger partial charge in [-0.15, -0.1) is 0 Å². The molecule has 0 saturated heterocycles. The van der Waals surface area contributed by atoms with Gasteiger partial charge in [-0.2, -0.15) is 0 Å². The molecule has 0 atom stereocenters. The Balaban J connectivity index is 1.66. The van der Waals surface area contributed by atoms with Gasteiger partial charge in [-0.3, -0.25) is 23.5 Å². The van der Waals surface area contributed by atoms with Crippen LogP contribution in [-0.4, -0.2) is 20.9 Å². The van der Waals surface area contributed by atoms with Crippen molar-refractivity contribution in [1.29, 1.82) is 0 Å². The quantitative estimate of drug-likeness (QED) is 0.445. The lowest BCUT2D eigenvalue weighted by atomic mass is 10.2. The van der Waals surface area contributed by atoms with Crippen LogP contribution in [0.5, 0.6) is 0 Å². The summed E-state index contributed by atoms with van der Waals surface area (Å²) in [6.07, 6.45) is 0. The van der Waals surface area contributed by atoms with E-state index in [4.69, 9.17) is 11.6 Å². The second kappa shape index (κ2) is 9.76. The molecule has 0 aliphatic heterocycles. The van der Waals surface area contributed by atoms with Gasteiger partial charge < -0.3 is 10.6 Å². The van der Waals surface area contributed by atoms with Gasteiger partial charge in [0.05, 0.1) is 17.4 Å². The molecule has 0 saturated carbocycles. The van der Waals surface area contributed by atoms with E-state index in [-0.39, 0.29) is 19.0 Å². The van der Waals surface area contributed by atoms with Crippen LogP contribution in [-0.2, 0) is 22.7 Å². The normalized spacial score (nSPS) is 10.8. The van der Waals surface area contributed by atoms with E-state index in [1.807, 2.05) is 0 Å². The number of fused-ring (bicyclic) bond motifs is 1. The number of aromatic nitrogens is 2. The predicted molar refractivity (Wildman–Crippen MR) is 132 cm³/mol. The highest BCUT2D eigenvalue weighted by Crippen LogP contribution is 2.15. The van der Waals surface area contributed by atoms with Gasteiger partial charge in [-0.05, 0) is 54.1 Å². The third kappa shape index (κ3) is 5.07. The van der Waals surface area contributed by atoms with E-state index < -0.39 is 17.2 Å². The monoisotopic (exact) mass is 476 g/mol. The molecule has 9 heteroatoms. The van der Waals surface area contributed by atoms with Crippen molar-refractivity contribution in [2.45, 2.75) is 20.0 Å². The molecule has 0 bridgehead atoms. The minimum atomic E-state index is -0.597. The van der Waals surface area contributed by atoms with Gasteiger partial charge in [0.25, 0.3) is 5.56 Å². The number of amides is 2. The average molecular weight is 477 g/mol. The van der Waals surface area contributed by atoms with E-state index >= 15 is 0 Å². The van der Waals surface area contributed by atoms with E-state index in [1.54, 1.807) is 72.8 Å². The molecule has 0 spiro atoms. The molecule has 0 unspecified atom stereocenters. The summed E-state index contributed by atoms with van der Waals surface area (Å²) in [7, 11) is 0. The third-order valence-electron chi connectivity index (χ3n) is 5.15. The first-order valence-electron chi connectivity index (χ1n) is 10.5. The van der Waals surface area contributed by atoms with Crippen LogP contribution in [0.3, 0.4) is 0 Å². The highest BCUT2D eigenvalue weighted by Gasteiger charge is 2.16. The maximum atomic E-state index is 13.3. The summed E-state index contributed by atoms with van der Waals surface area (Å²) < 4.78 is 2.38. The van der Waals surface area contributed by atoms with Crippen LogP contribution in [0, 0.1) is 0 Å². The highest BCUT2D eigenvalue weighted by molar-refractivity contribution is 6.30. The van der Waals surface area contributed by atoms with Crippen molar-refractivity contribution >= 4 is 45.7 Å². The molecule has 0 aliphatic carbocycles. The number of hydrogen-bond donors (Lipinski definition) is 2. The number of anilines is 2. The summed E-state index contributed by atoms with van der Waals surface area (Å²) in [5.41, 5.74) is 1.13. The van der Waals surface area contributed by atoms with Crippen LogP contribution in [0.2, 0.25) is 5.02 Å². The molecule has 1 heterocycles. The van der Waals surface area contributed by atoms with Crippen molar-refractivity contribution in [1.82, 2.24) is 9.13 Å². The minimum absolute atomic E-state index is 0.0231. The molecule has 34 heavy (non-hydrogen) atoms. The van der Waals surface area contributed by atoms with Gasteiger partial charge in [0, 0.05) is 23.3 Å². The molecule has 2 N–H and O–H groups in total. The van der Waals surface area contributed by atoms with Gasteiger partial charge in [0.1, 0.15) is 6.54 Å². The predicted octanol–water partition coefficient (Wildman–Crippen LogP) is 3.46. The summed E-state index contributed by atoms with van der Waals surface area (Å²) in [5.74, 6) is -0.636. The number of halogens is 1. The number of nitrogens with one attached hydrogen (secondary N) is 2. The first-order chi connectivity index (χ1) is 16.3. The Bertz CT molecular complexity index is 1510. The first-order valence-corrected chi connectivity index (χ1v) is 10.8. The van der Waals surface area contributed by atoms with Crippen LogP contribution in [0.15, 0.2) is 82.4 Å². The van der Waals surface area contributed by atoms with Crippen molar-refractivity contribution in [3.63, 3.8) is 0 Å². The fourth-order valence-electron chi connectivity index (χ4n) is 3.67. The largest absolute Gasteiger partial charge is 0.332 e. The van der Waals surface area contributed by atoms with E-state index in [9.17, 15) is 19.2 Å². The SMILES string of the molecule is CC(=O)Nc1ccc(NC(=O)Cn2c(=O)n(Cc3cccc(Cl)c3)c(=O)c3ccccc32)cc1. The fraction of sp³-hybridized carbons (Fsp3) is 0.120. The maximum absolute atomic E-state index is 13.3. The van der Waals surface area contributed by atoms with Gasteiger partial charge >= 0.3 is 5.69 Å².